The van der Waals surface area contributed by atoms with Gasteiger partial charge in [-0.25, -0.2) is 0 Å². The van der Waals surface area contributed by atoms with Crippen LogP contribution in [-0.2, 0) is 6.54 Å². The van der Waals surface area contributed by atoms with Gasteiger partial charge >= 0.3 is 0 Å². The highest BCUT2D eigenvalue weighted by Crippen LogP contribution is 2.08. The number of nitrogens with zero attached hydrogens (tertiary/aromatic N) is 4. The first-order valence-corrected chi connectivity index (χ1v) is 5.68. The molecular formula is C10H19N5. The molecule has 0 amide bonds. The van der Waals surface area contributed by atoms with Crippen LogP contribution in [0.2, 0.25) is 0 Å². The molecule has 0 saturated carbocycles. The monoisotopic (exact) mass is 209 g/mol. The van der Waals surface area contributed by atoms with E-state index in [1.165, 1.54) is 19.5 Å². The molecule has 1 aliphatic heterocycles. The van der Waals surface area contributed by atoms with Gasteiger partial charge in [0.2, 0.25) is 0 Å². The predicted molar refractivity (Wildman–Crippen MR) is 58.5 cm³/mol. The summed E-state index contributed by atoms with van der Waals surface area (Å²) in [6.45, 7) is 7.62. The van der Waals surface area contributed by atoms with E-state index in [2.05, 4.69) is 27.5 Å². The largest absolute Gasteiger partial charge is 0.313 e. The maximum atomic E-state index is 3.96. The smallest absolute Gasteiger partial charge is 0.0692 e. The van der Waals surface area contributed by atoms with E-state index in [1.54, 1.807) is 6.20 Å². The van der Waals surface area contributed by atoms with Gasteiger partial charge in [0, 0.05) is 25.3 Å². The summed E-state index contributed by atoms with van der Waals surface area (Å²) < 4.78 is 1.89. The molecule has 1 saturated heterocycles. The van der Waals surface area contributed by atoms with E-state index in [-0.39, 0.29) is 0 Å². The van der Waals surface area contributed by atoms with Gasteiger partial charge in [-0.15, -0.1) is 5.10 Å². The first-order valence-electron chi connectivity index (χ1n) is 5.68. The lowest BCUT2D eigenvalue weighted by Gasteiger charge is -2.15. The zero-order valence-corrected chi connectivity index (χ0v) is 9.26. The molecule has 5 heteroatoms. The molecule has 0 radical (unpaired) electrons. The fourth-order valence-electron chi connectivity index (χ4n) is 2.09. The topological polar surface area (TPSA) is 46.0 Å². The molecule has 2 heterocycles. The van der Waals surface area contributed by atoms with E-state index < -0.39 is 0 Å². The molecule has 0 aliphatic carbocycles. The van der Waals surface area contributed by atoms with Gasteiger partial charge < -0.3 is 5.32 Å². The molecule has 0 spiro atoms. The van der Waals surface area contributed by atoms with Gasteiger partial charge in [0.15, 0.2) is 0 Å². The summed E-state index contributed by atoms with van der Waals surface area (Å²) in [5, 5.41) is 11.2. The second-order valence-corrected chi connectivity index (χ2v) is 4.01. The van der Waals surface area contributed by atoms with Crippen molar-refractivity contribution >= 4 is 0 Å². The minimum Gasteiger partial charge on any atom is -0.313 e. The minimum absolute atomic E-state index is 0.686. The van der Waals surface area contributed by atoms with Crippen LogP contribution < -0.4 is 5.32 Å². The molecule has 84 valence electrons. The summed E-state index contributed by atoms with van der Waals surface area (Å²) in [6, 6.07) is 0.686. The Morgan fingerprint density at radius 2 is 2.40 bits per heavy atom. The second-order valence-electron chi connectivity index (χ2n) is 4.01. The fourth-order valence-corrected chi connectivity index (χ4v) is 2.09. The van der Waals surface area contributed by atoms with Crippen molar-refractivity contribution in [2.75, 3.05) is 26.2 Å². The average Bonchev–Trinajstić information content (AvgIpc) is 2.85. The third kappa shape index (κ3) is 3.00. The molecule has 1 atom stereocenters. The van der Waals surface area contributed by atoms with Crippen LogP contribution in [0.15, 0.2) is 12.4 Å². The molecule has 0 bridgehead atoms. The molecule has 5 nitrogen and oxygen atoms in total. The number of hydrogen-bond donors (Lipinski definition) is 1. The van der Waals surface area contributed by atoms with Crippen molar-refractivity contribution in [3.63, 3.8) is 0 Å². The van der Waals surface area contributed by atoms with E-state index in [1.807, 2.05) is 10.9 Å². The van der Waals surface area contributed by atoms with Gasteiger partial charge in [0.1, 0.15) is 0 Å². The number of nitrogens with one attached hydrogen (secondary N) is 1. The van der Waals surface area contributed by atoms with Crippen molar-refractivity contribution in [2.45, 2.75) is 25.9 Å². The van der Waals surface area contributed by atoms with Crippen LogP contribution in [-0.4, -0.2) is 52.1 Å². The Balaban J connectivity index is 1.69. The molecule has 0 aromatic carbocycles. The Kier molecular flexibility index (Phi) is 3.69. The van der Waals surface area contributed by atoms with Crippen LogP contribution in [0, 0.1) is 0 Å². The third-order valence-corrected chi connectivity index (χ3v) is 2.88. The van der Waals surface area contributed by atoms with Gasteiger partial charge in [-0.2, -0.15) is 0 Å². The van der Waals surface area contributed by atoms with Gasteiger partial charge in [0.25, 0.3) is 0 Å². The molecule has 1 aromatic rings. The molecule has 15 heavy (non-hydrogen) atoms. The highest BCUT2D eigenvalue weighted by atomic mass is 15.4. The highest BCUT2D eigenvalue weighted by molar-refractivity contribution is 4.80. The zero-order chi connectivity index (χ0) is 10.5. The summed E-state index contributed by atoms with van der Waals surface area (Å²) in [5.41, 5.74) is 0. The lowest BCUT2D eigenvalue weighted by molar-refractivity contribution is 0.306. The molecular weight excluding hydrogens is 190 g/mol. The fraction of sp³-hybridized carbons (Fsp3) is 0.800. The summed E-state index contributed by atoms with van der Waals surface area (Å²) >= 11 is 0. The van der Waals surface area contributed by atoms with Crippen LogP contribution in [0.4, 0.5) is 0 Å². The van der Waals surface area contributed by atoms with E-state index in [0.717, 1.165) is 19.6 Å². The van der Waals surface area contributed by atoms with Crippen LogP contribution in [0.1, 0.15) is 13.3 Å². The van der Waals surface area contributed by atoms with Crippen LogP contribution in [0.25, 0.3) is 0 Å². The van der Waals surface area contributed by atoms with E-state index in [4.69, 9.17) is 0 Å². The summed E-state index contributed by atoms with van der Waals surface area (Å²) in [6.07, 6.45) is 4.91. The first-order chi connectivity index (χ1) is 7.38. The summed E-state index contributed by atoms with van der Waals surface area (Å²) in [7, 11) is 0. The molecule has 1 aromatic heterocycles. The quantitative estimate of drug-likeness (QED) is 0.739. The number of likely N-dealkylation sites (tertiary alicyclic amines) is 1. The van der Waals surface area contributed by atoms with Gasteiger partial charge in [-0.05, 0) is 19.5 Å². The number of aromatic nitrogens is 3. The number of rotatable bonds is 5. The first kappa shape index (κ1) is 10.6. The number of likely N-dealkylation sites (N-methyl/N-ethyl adjacent to an activating group) is 1. The third-order valence-electron chi connectivity index (χ3n) is 2.88. The van der Waals surface area contributed by atoms with Crippen molar-refractivity contribution in [3.05, 3.63) is 12.4 Å². The van der Waals surface area contributed by atoms with E-state index in [9.17, 15) is 0 Å². The molecule has 2 rings (SSSR count). The van der Waals surface area contributed by atoms with E-state index in [0.29, 0.717) is 6.04 Å². The van der Waals surface area contributed by atoms with Crippen molar-refractivity contribution in [3.8, 4) is 0 Å². The standard InChI is InChI=1S/C10H19N5/c1-2-11-10-3-5-14(9-10)7-8-15-6-4-12-13-15/h4,6,10-11H,2-3,5,7-9H2,1H3. The Hall–Kier alpha value is -0.940. The second kappa shape index (κ2) is 5.23. The zero-order valence-electron chi connectivity index (χ0n) is 9.26. The van der Waals surface area contributed by atoms with Gasteiger partial charge in [0.05, 0.1) is 12.7 Å². The normalized spacial score (nSPS) is 22.3. The van der Waals surface area contributed by atoms with E-state index >= 15 is 0 Å². The van der Waals surface area contributed by atoms with Crippen molar-refractivity contribution < 1.29 is 0 Å². The summed E-state index contributed by atoms with van der Waals surface area (Å²) in [4.78, 5) is 2.48. The molecule has 1 aliphatic rings. The van der Waals surface area contributed by atoms with Crippen molar-refractivity contribution in [1.82, 2.24) is 25.2 Å². The highest BCUT2D eigenvalue weighted by Gasteiger charge is 2.20. The Bertz CT molecular complexity index is 271. The maximum Gasteiger partial charge on any atom is 0.0692 e. The van der Waals surface area contributed by atoms with Crippen LogP contribution in [0.5, 0.6) is 0 Å². The molecule has 1 fully saturated rings. The van der Waals surface area contributed by atoms with Crippen LogP contribution in [0.3, 0.4) is 0 Å². The van der Waals surface area contributed by atoms with Crippen LogP contribution >= 0.6 is 0 Å². The lowest BCUT2D eigenvalue weighted by Crippen LogP contribution is -2.33. The maximum absolute atomic E-state index is 3.96. The lowest BCUT2D eigenvalue weighted by atomic mass is 10.3. The minimum atomic E-state index is 0.686. The Morgan fingerprint density at radius 1 is 1.47 bits per heavy atom. The Labute approximate surface area is 90.5 Å². The van der Waals surface area contributed by atoms with Crippen molar-refractivity contribution in [2.24, 2.45) is 0 Å². The molecule has 1 N–H and O–H groups in total. The molecule has 1 unspecified atom stereocenters. The number of hydrogen-bond acceptors (Lipinski definition) is 4. The summed E-state index contributed by atoms with van der Waals surface area (Å²) in [5.74, 6) is 0. The SMILES string of the molecule is CCNC1CCN(CCn2ccnn2)C1. The Morgan fingerprint density at radius 3 is 3.13 bits per heavy atom. The predicted octanol–water partition coefficient (Wildman–Crippen LogP) is -0.0381. The van der Waals surface area contributed by atoms with Gasteiger partial charge in [-0.1, -0.05) is 12.1 Å². The van der Waals surface area contributed by atoms with Gasteiger partial charge in [-0.3, -0.25) is 9.58 Å². The van der Waals surface area contributed by atoms with Crippen molar-refractivity contribution in [1.29, 1.82) is 0 Å². The average molecular weight is 209 g/mol.